The van der Waals surface area contributed by atoms with E-state index in [9.17, 15) is 4.79 Å². The fraction of sp³-hybridized carbons (Fsp3) is 0.235. The molecule has 0 radical (unpaired) electrons. The summed E-state index contributed by atoms with van der Waals surface area (Å²) in [6, 6.07) is 9.48. The Morgan fingerprint density at radius 3 is 2.80 bits per heavy atom. The Morgan fingerprint density at radius 2 is 2.15 bits per heavy atom. The summed E-state index contributed by atoms with van der Waals surface area (Å²) < 4.78 is 10.2. The van der Waals surface area contributed by atoms with Crippen molar-refractivity contribution in [2.24, 2.45) is 0 Å². The summed E-state index contributed by atoms with van der Waals surface area (Å²) in [5.41, 5.74) is 0.863. The smallest absolute Gasteiger partial charge is 0.304 e. The van der Waals surface area contributed by atoms with Crippen molar-refractivity contribution in [3.63, 3.8) is 0 Å². The standard InChI is InChI=1S/C17H16O3/c1-3-13-19-14-7-10-17(20-15(2)18)12-11-16-8-5-4-6-9-16/h1,4-10,17H,13-14H2,2H3/b10-7+. The highest BCUT2D eigenvalue weighted by Gasteiger charge is 2.03. The molecule has 0 saturated heterocycles. The molecule has 0 heterocycles. The molecule has 0 aromatic heterocycles. The Labute approximate surface area is 119 Å². The summed E-state index contributed by atoms with van der Waals surface area (Å²) in [6.45, 7) is 1.95. The van der Waals surface area contributed by atoms with Crippen LogP contribution in [0.1, 0.15) is 12.5 Å². The average molecular weight is 268 g/mol. The van der Waals surface area contributed by atoms with Crippen LogP contribution in [0.2, 0.25) is 0 Å². The van der Waals surface area contributed by atoms with Gasteiger partial charge in [0.05, 0.1) is 6.61 Å². The second-order valence-electron chi connectivity index (χ2n) is 3.81. The molecule has 0 N–H and O–H groups in total. The predicted octanol–water partition coefficient (Wildman–Crippen LogP) is 2.18. The second-order valence-corrected chi connectivity index (χ2v) is 3.81. The molecular formula is C17H16O3. The maximum Gasteiger partial charge on any atom is 0.304 e. The topological polar surface area (TPSA) is 35.5 Å². The van der Waals surface area contributed by atoms with Gasteiger partial charge in [0, 0.05) is 12.5 Å². The maximum absolute atomic E-state index is 11.0. The SMILES string of the molecule is C#CCOC/C=C/C(C#Cc1ccccc1)OC(C)=O. The van der Waals surface area contributed by atoms with E-state index in [1.54, 1.807) is 12.2 Å². The summed E-state index contributed by atoms with van der Waals surface area (Å²) >= 11 is 0. The summed E-state index contributed by atoms with van der Waals surface area (Å²) in [5, 5.41) is 0. The molecular weight excluding hydrogens is 252 g/mol. The van der Waals surface area contributed by atoms with Crippen molar-refractivity contribution < 1.29 is 14.3 Å². The Morgan fingerprint density at radius 1 is 1.40 bits per heavy atom. The van der Waals surface area contributed by atoms with Crippen LogP contribution in [0, 0.1) is 24.2 Å². The Hall–Kier alpha value is -2.49. The van der Waals surface area contributed by atoms with E-state index in [1.807, 2.05) is 30.3 Å². The van der Waals surface area contributed by atoms with Crippen LogP contribution in [-0.2, 0) is 14.3 Å². The first-order valence-corrected chi connectivity index (χ1v) is 6.14. The third-order valence-electron chi connectivity index (χ3n) is 2.14. The number of esters is 1. The molecule has 1 unspecified atom stereocenters. The average Bonchev–Trinajstić information content (AvgIpc) is 2.45. The lowest BCUT2D eigenvalue weighted by Crippen LogP contribution is -2.11. The Kier molecular flexibility index (Phi) is 7.35. The van der Waals surface area contributed by atoms with E-state index in [1.165, 1.54) is 6.92 Å². The Bertz CT molecular complexity index is 541. The van der Waals surface area contributed by atoms with Crippen molar-refractivity contribution >= 4 is 5.97 Å². The van der Waals surface area contributed by atoms with Crippen molar-refractivity contribution in [3.05, 3.63) is 48.0 Å². The minimum Gasteiger partial charge on any atom is -0.445 e. The van der Waals surface area contributed by atoms with Gasteiger partial charge in [-0.2, -0.15) is 0 Å². The number of ether oxygens (including phenoxy) is 2. The molecule has 0 aliphatic rings. The van der Waals surface area contributed by atoms with E-state index >= 15 is 0 Å². The van der Waals surface area contributed by atoms with Gasteiger partial charge < -0.3 is 9.47 Å². The van der Waals surface area contributed by atoms with Gasteiger partial charge in [-0.05, 0) is 24.1 Å². The zero-order chi connectivity index (χ0) is 14.6. The zero-order valence-electron chi connectivity index (χ0n) is 11.3. The van der Waals surface area contributed by atoms with E-state index in [0.717, 1.165) is 5.56 Å². The van der Waals surface area contributed by atoms with Gasteiger partial charge >= 0.3 is 5.97 Å². The van der Waals surface area contributed by atoms with Crippen molar-refractivity contribution in [1.82, 2.24) is 0 Å². The lowest BCUT2D eigenvalue weighted by molar-refractivity contribution is -0.142. The molecule has 0 aliphatic carbocycles. The van der Waals surface area contributed by atoms with Crippen LogP contribution >= 0.6 is 0 Å². The van der Waals surface area contributed by atoms with Gasteiger partial charge in [0.1, 0.15) is 6.61 Å². The van der Waals surface area contributed by atoms with Crippen molar-refractivity contribution in [1.29, 1.82) is 0 Å². The van der Waals surface area contributed by atoms with Crippen molar-refractivity contribution in [2.75, 3.05) is 13.2 Å². The minimum atomic E-state index is -0.595. The minimum absolute atomic E-state index is 0.248. The number of hydrogen-bond acceptors (Lipinski definition) is 3. The van der Waals surface area contributed by atoms with E-state index in [4.69, 9.17) is 15.9 Å². The van der Waals surface area contributed by atoms with Crippen LogP contribution < -0.4 is 0 Å². The first-order valence-electron chi connectivity index (χ1n) is 6.14. The highest BCUT2D eigenvalue weighted by molar-refractivity contribution is 5.66. The van der Waals surface area contributed by atoms with Gasteiger partial charge in [-0.15, -0.1) is 6.42 Å². The van der Waals surface area contributed by atoms with Crippen LogP contribution in [0.4, 0.5) is 0 Å². The van der Waals surface area contributed by atoms with Gasteiger partial charge in [0.2, 0.25) is 0 Å². The summed E-state index contributed by atoms with van der Waals surface area (Å²) in [6.07, 6.45) is 7.86. The molecule has 1 rings (SSSR count). The molecule has 0 bridgehead atoms. The molecule has 1 aromatic rings. The number of carbonyl (C=O) groups is 1. The second kappa shape index (κ2) is 9.44. The van der Waals surface area contributed by atoms with Crippen molar-refractivity contribution in [3.8, 4) is 24.2 Å². The summed E-state index contributed by atoms with van der Waals surface area (Å²) in [5.74, 6) is 7.82. The van der Waals surface area contributed by atoms with Crippen LogP contribution in [0.3, 0.4) is 0 Å². The molecule has 0 spiro atoms. The monoisotopic (exact) mass is 268 g/mol. The van der Waals surface area contributed by atoms with Gasteiger partial charge in [0.15, 0.2) is 6.10 Å². The number of benzene rings is 1. The molecule has 0 fully saturated rings. The quantitative estimate of drug-likeness (QED) is 0.355. The predicted molar refractivity (Wildman–Crippen MR) is 77.7 cm³/mol. The highest BCUT2D eigenvalue weighted by atomic mass is 16.5. The maximum atomic E-state index is 11.0. The van der Waals surface area contributed by atoms with E-state index in [0.29, 0.717) is 6.61 Å². The number of carbonyl (C=O) groups excluding carboxylic acids is 1. The zero-order valence-corrected chi connectivity index (χ0v) is 11.3. The molecule has 0 aliphatic heterocycles. The Balaban J connectivity index is 2.63. The molecule has 20 heavy (non-hydrogen) atoms. The summed E-state index contributed by atoms with van der Waals surface area (Å²) in [4.78, 5) is 11.0. The molecule has 3 nitrogen and oxygen atoms in total. The molecule has 102 valence electrons. The van der Waals surface area contributed by atoms with E-state index in [2.05, 4.69) is 17.8 Å². The number of rotatable bonds is 5. The molecule has 0 saturated carbocycles. The molecule has 1 atom stereocenters. The lowest BCUT2D eigenvalue weighted by Gasteiger charge is -2.05. The van der Waals surface area contributed by atoms with Gasteiger partial charge in [-0.3, -0.25) is 4.79 Å². The lowest BCUT2D eigenvalue weighted by atomic mass is 10.2. The van der Waals surface area contributed by atoms with Crippen LogP contribution in [0.25, 0.3) is 0 Å². The fourth-order valence-corrected chi connectivity index (χ4v) is 1.34. The number of terminal acetylenes is 1. The van der Waals surface area contributed by atoms with Gasteiger partial charge in [-0.25, -0.2) is 0 Å². The fourth-order valence-electron chi connectivity index (χ4n) is 1.34. The first-order chi connectivity index (χ1) is 9.72. The molecule has 3 heteroatoms. The molecule has 0 amide bonds. The largest absolute Gasteiger partial charge is 0.445 e. The van der Waals surface area contributed by atoms with Crippen LogP contribution in [-0.4, -0.2) is 25.3 Å². The van der Waals surface area contributed by atoms with Crippen molar-refractivity contribution in [2.45, 2.75) is 13.0 Å². The van der Waals surface area contributed by atoms with Gasteiger partial charge in [0.25, 0.3) is 0 Å². The third kappa shape index (κ3) is 7.06. The third-order valence-corrected chi connectivity index (χ3v) is 2.14. The van der Waals surface area contributed by atoms with Crippen LogP contribution in [0.15, 0.2) is 42.5 Å². The first kappa shape index (κ1) is 15.6. The van der Waals surface area contributed by atoms with E-state index in [-0.39, 0.29) is 12.6 Å². The van der Waals surface area contributed by atoms with Gasteiger partial charge in [-0.1, -0.05) is 36.1 Å². The number of hydrogen-bond donors (Lipinski definition) is 0. The molecule has 1 aromatic carbocycles. The highest BCUT2D eigenvalue weighted by Crippen LogP contribution is 1.98. The van der Waals surface area contributed by atoms with E-state index < -0.39 is 6.10 Å². The normalized spacial score (nSPS) is 11.2. The van der Waals surface area contributed by atoms with Crippen LogP contribution in [0.5, 0.6) is 0 Å². The summed E-state index contributed by atoms with van der Waals surface area (Å²) in [7, 11) is 0.